The molecule has 1 aliphatic carbocycles. The Hall–Kier alpha value is -1.47. The van der Waals surface area contributed by atoms with Crippen LogP contribution in [0.3, 0.4) is 0 Å². The van der Waals surface area contributed by atoms with Gasteiger partial charge in [-0.15, -0.1) is 0 Å². The summed E-state index contributed by atoms with van der Waals surface area (Å²) in [5, 5.41) is 12.5. The van der Waals surface area contributed by atoms with Gasteiger partial charge in [0.15, 0.2) is 0 Å². The van der Waals surface area contributed by atoms with Crippen LogP contribution in [0.2, 0.25) is 0 Å². The Kier molecular flexibility index (Phi) is 6.53. The highest BCUT2D eigenvalue weighted by molar-refractivity contribution is 7.85. The number of benzene rings is 1. The van der Waals surface area contributed by atoms with Gasteiger partial charge in [0.1, 0.15) is 5.82 Å². The zero-order valence-corrected chi connectivity index (χ0v) is 14.0. The van der Waals surface area contributed by atoms with Crippen molar-refractivity contribution in [1.29, 1.82) is 0 Å². The topological polar surface area (TPSA) is 69.6 Å². The average Bonchev–Trinajstić information content (AvgIpc) is 2.92. The maximum absolute atomic E-state index is 13.5. The van der Waals surface area contributed by atoms with Crippen molar-refractivity contribution in [3.63, 3.8) is 0 Å². The van der Waals surface area contributed by atoms with E-state index in [1.165, 1.54) is 17.0 Å². The molecule has 0 aliphatic heterocycles. The second-order valence-electron chi connectivity index (χ2n) is 5.85. The van der Waals surface area contributed by atoms with Gasteiger partial charge in [0, 0.05) is 31.8 Å². The third-order valence-electron chi connectivity index (χ3n) is 4.12. The van der Waals surface area contributed by atoms with Gasteiger partial charge in [0.25, 0.3) is 0 Å². The summed E-state index contributed by atoms with van der Waals surface area (Å²) in [6.45, 7) is 0.709. The predicted molar refractivity (Wildman–Crippen MR) is 87.1 cm³/mol. The number of nitrogens with one attached hydrogen (secondary N) is 1. The summed E-state index contributed by atoms with van der Waals surface area (Å²) < 4.78 is 25.5. The maximum atomic E-state index is 13.5. The molecule has 2 N–H and O–H groups in total. The van der Waals surface area contributed by atoms with E-state index in [9.17, 15) is 18.5 Å². The molecule has 0 bridgehead atoms. The van der Waals surface area contributed by atoms with Crippen LogP contribution in [-0.2, 0) is 10.8 Å². The van der Waals surface area contributed by atoms with Gasteiger partial charge in [-0.2, -0.15) is 0 Å². The molecule has 1 saturated carbocycles. The van der Waals surface area contributed by atoms with E-state index in [-0.39, 0.29) is 35.2 Å². The molecule has 1 aliphatic rings. The first-order chi connectivity index (χ1) is 11.0. The molecular weight excluding hydrogens is 319 g/mol. The van der Waals surface area contributed by atoms with Crippen LogP contribution in [0.5, 0.6) is 0 Å². The maximum Gasteiger partial charge on any atom is 0.317 e. The van der Waals surface area contributed by atoms with E-state index < -0.39 is 16.6 Å². The fourth-order valence-corrected chi connectivity index (χ4v) is 3.81. The zero-order valence-electron chi connectivity index (χ0n) is 13.2. The molecule has 7 heteroatoms. The summed E-state index contributed by atoms with van der Waals surface area (Å²) in [5.41, 5.74) is 0. The molecule has 1 aromatic rings. The first-order valence-corrected chi connectivity index (χ1v) is 9.11. The van der Waals surface area contributed by atoms with Crippen molar-refractivity contribution >= 4 is 16.8 Å². The summed E-state index contributed by atoms with van der Waals surface area (Å²) in [6, 6.07) is 5.67. The monoisotopic (exact) mass is 342 g/mol. The minimum Gasteiger partial charge on any atom is -0.393 e. The zero-order chi connectivity index (χ0) is 16.8. The number of amides is 2. The molecule has 0 spiro atoms. The summed E-state index contributed by atoms with van der Waals surface area (Å²) in [7, 11) is 0.192. The van der Waals surface area contributed by atoms with Crippen LogP contribution >= 0.6 is 0 Å². The SMILES string of the molecule is CN(C[C@@H]1CCC[C@H]1O)C(=O)NCC[S@](=O)c1ccccc1F. The summed E-state index contributed by atoms with van der Waals surface area (Å²) in [6.07, 6.45) is 2.37. The Morgan fingerprint density at radius 3 is 2.83 bits per heavy atom. The molecule has 128 valence electrons. The van der Waals surface area contributed by atoms with Gasteiger partial charge in [0.2, 0.25) is 0 Å². The third kappa shape index (κ3) is 5.00. The van der Waals surface area contributed by atoms with E-state index in [1.54, 1.807) is 19.2 Å². The number of aliphatic hydroxyl groups excluding tert-OH is 1. The number of aliphatic hydroxyl groups is 1. The van der Waals surface area contributed by atoms with Gasteiger partial charge in [-0.05, 0) is 25.0 Å². The van der Waals surface area contributed by atoms with Crippen molar-refractivity contribution in [2.45, 2.75) is 30.3 Å². The first kappa shape index (κ1) is 17.9. The van der Waals surface area contributed by atoms with Crippen molar-refractivity contribution in [2.75, 3.05) is 25.9 Å². The minimum atomic E-state index is -1.48. The van der Waals surface area contributed by atoms with Crippen LogP contribution in [0, 0.1) is 11.7 Å². The summed E-state index contributed by atoms with van der Waals surface area (Å²) in [5.74, 6) is -0.213. The molecular formula is C16H23FN2O3S. The molecule has 5 nitrogen and oxygen atoms in total. The number of carbonyl (C=O) groups excluding carboxylic acids is 1. The largest absolute Gasteiger partial charge is 0.393 e. The summed E-state index contributed by atoms with van der Waals surface area (Å²) in [4.78, 5) is 13.7. The highest BCUT2D eigenvalue weighted by atomic mass is 32.2. The van der Waals surface area contributed by atoms with E-state index in [2.05, 4.69) is 5.32 Å². The van der Waals surface area contributed by atoms with Crippen LogP contribution < -0.4 is 5.32 Å². The standard InChI is InChI=1S/C16H23FN2O3S/c1-19(11-12-5-4-7-14(12)20)16(21)18-9-10-23(22)15-8-3-2-6-13(15)17/h2-3,6,8,12,14,20H,4-5,7,9-11H2,1H3,(H,18,21)/t12-,14+,23-/m0/s1. The van der Waals surface area contributed by atoms with E-state index in [1.807, 2.05) is 0 Å². The molecule has 0 saturated heterocycles. The van der Waals surface area contributed by atoms with Crippen LogP contribution in [0.25, 0.3) is 0 Å². The molecule has 0 aromatic heterocycles. The van der Waals surface area contributed by atoms with Gasteiger partial charge in [-0.1, -0.05) is 18.6 Å². The van der Waals surface area contributed by atoms with Gasteiger partial charge >= 0.3 is 6.03 Å². The van der Waals surface area contributed by atoms with Gasteiger partial charge in [-0.3, -0.25) is 4.21 Å². The number of urea groups is 1. The Bertz CT molecular complexity index is 570. The smallest absolute Gasteiger partial charge is 0.317 e. The van der Waals surface area contributed by atoms with Crippen LogP contribution in [0.1, 0.15) is 19.3 Å². The Balaban J connectivity index is 1.74. The number of hydrogen-bond acceptors (Lipinski definition) is 3. The van der Waals surface area contributed by atoms with Crippen molar-refractivity contribution in [1.82, 2.24) is 10.2 Å². The third-order valence-corrected chi connectivity index (χ3v) is 5.52. The normalized spacial score (nSPS) is 21.9. The van der Waals surface area contributed by atoms with Crippen LogP contribution in [0.15, 0.2) is 29.2 Å². The molecule has 0 heterocycles. The van der Waals surface area contributed by atoms with Crippen LogP contribution in [0.4, 0.5) is 9.18 Å². The van der Waals surface area contributed by atoms with Gasteiger partial charge < -0.3 is 15.3 Å². The number of hydrogen-bond donors (Lipinski definition) is 2. The Morgan fingerprint density at radius 1 is 1.43 bits per heavy atom. The lowest BCUT2D eigenvalue weighted by molar-refractivity contribution is 0.114. The highest BCUT2D eigenvalue weighted by Crippen LogP contribution is 2.25. The number of nitrogens with zero attached hydrogens (tertiary/aromatic N) is 1. The minimum absolute atomic E-state index is 0.123. The van der Waals surface area contributed by atoms with Crippen molar-refractivity contribution in [3.05, 3.63) is 30.1 Å². The quantitative estimate of drug-likeness (QED) is 0.827. The molecule has 3 atom stereocenters. The number of carbonyl (C=O) groups is 1. The molecule has 2 amide bonds. The first-order valence-electron chi connectivity index (χ1n) is 7.79. The van der Waals surface area contributed by atoms with Gasteiger partial charge in [0.05, 0.1) is 21.8 Å². The highest BCUT2D eigenvalue weighted by Gasteiger charge is 2.27. The second kappa shape index (κ2) is 8.40. The van der Waals surface area contributed by atoms with Crippen molar-refractivity contribution < 1.29 is 18.5 Å². The lowest BCUT2D eigenvalue weighted by Crippen LogP contribution is -2.42. The lowest BCUT2D eigenvalue weighted by Gasteiger charge is -2.23. The predicted octanol–water partition coefficient (Wildman–Crippen LogP) is 1.74. The van der Waals surface area contributed by atoms with Crippen molar-refractivity contribution in [2.24, 2.45) is 5.92 Å². The van der Waals surface area contributed by atoms with Crippen LogP contribution in [-0.4, -0.2) is 52.2 Å². The van der Waals surface area contributed by atoms with E-state index in [0.29, 0.717) is 6.54 Å². The Morgan fingerprint density at radius 2 is 2.17 bits per heavy atom. The number of rotatable bonds is 6. The lowest BCUT2D eigenvalue weighted by atomic mass is 10.1. The second-order valence-corrected chi connectivity index (χ2v) is 7.39. The molecule has 23 heavy (non-hydrogen) atoms. The molecule has 0 unspecified atom stereocenters. The molecule has 1 aromatic carbocycles. The fraction of sp³-hybridized carbons (Fsp3) is 0.562. The summed E-state index contributed by atoms with van der Waals surface area (Å²) >= 11 is 0. The number of halogens is 1. The molecule has 2 rings (SSSR count). The van der Waals surface area contributed by atoms with E-state index in [0.717, 1.165) is 19.3 Å². The fourth-order valence-electron chi connectivity index (χ4n) is 2.79. The van der Waals surface area contributed by atoms with Gasteiger partial charge in [-0.25, -0.2) is 9.18 Å². The Labute approximate surface area is 138 Å². The van der Waals surface area contributed by atoms with E-state index in [4.69, 9.17) is 0 Å². The molecule has 0 radical (unpaired) electrons. The molecule has 1 fully saturated rings. The van der Waals surface area contributed by atoms with E-state index >= 15 is 0 Å². The van der Waals surface area contributed by atoms with Crippen molar-refractivity contribution in [3.8, 4) is 0 Å². The average molecular weight is 342 g/mol.